The molecule has 1 aromatic heterocycles. The molecular weight excluding hydrogens is 208 g/mol. The molecule has 6 nitrogen and oxygen atoms in total. The summed E-state index contributed by atoms with van der Waals surface area (Å²) < 4.78 is 5.14. The minimum Gasteiger partial charge on any atom is -0.473 e. The zero-order valence-electron chi connectivity index (χ0n) is 9.45. The van der Waals surface area contributed by atoms with Gasteiger partial charge in [0.05, 0.1) is 12.3 Å². The van der Waals surface area contributed by atoms with E-state index in [0.29, 0.717) is 17.8 Å². The van der Waals surface area contributed by atoms with Gasteiger partial charge in [-0.15, -0.1) is 5.10 Å². The zero-order valence-corrected chi connectivity index (χ0v) is 9.45. The van der Waals surface area contributed by atoms with Crippen LogP contribution in [0.25, 0.3) is 0 Å². The summed E-state index contributed by atoms with van der Waals surface area (Å²) in [6.07, 6.45) is 0. The molecule has 0 saturated heterocycles. The first-order valence-corrected chi connectivity index (χ1v) is 4.99. The van der Waals surface area contributed by atoms with Crippen molar-refractivity contribution in [2.75, 3.05) is 19.8 Å². The average Bonchev–Trinajstić information content (AvgIpc) is 2.69. The maximum atomic E-state index is 9.05. The van der Waals surface area contributed by atoms with Crippen LogP contribution in [0, 0.1) is 11.3 Å². The van der Waals surface area contributed by atoms with Gasteiger partial charge < -0.3 is 15.6 Å². The normalized spacial score (nSPS) is 11.2. The fourth-order valence-electron chi connectivity index (χ4n) is 1.27. The Morgan fingerprint density at radius 2 is 2.31 bits per heavy atom. The van der Waals surface area contributed by atoms with Crippen molar-refractivity contribution < 1.29 is 9.84 Å². The molecule has 4 N–H and O–H groups in total. The van der Waals surface area contributed by atoms with E-state index >= 15 is 0 Å². The van der Waals surface area contributed by atoms with Crippen LogP contribution in [0.15, 0.2) is 0 Å². The Hall–Kier alpha value is -1.58. The molecule has 1 heterocycles. The van der Waals surface area contributed by atoms with E-state index in [2.05, 4.69) is 10.2 Å². The van der Waals surface area contributed by atoms with Crippen LogP contribution in [0.4, 0.5) is 0 Å². The molecule has 0 fully saturated rings. The smallest absolute Gasteiger partial charge is 0.251 e. The molecule has 6 heteroatoms. The summed E-state index contributed by atoms with van der Waals surface area (Å²) >= 11 is 0. The van der Waals surface area contributed by atoms with Gasteiger partial charge in [0.2, 0.25) is 0 Å². The molecule has 0 saturated carbocycles. The predicted molar refractivity (Wildman–Crippen MR) is 58.0 cm³/mol. The Morgan fingerprint density at radius 1 is 1.62 bits per heavy atom. The van der Waals surface area contributed by atoms with E-state index < -0.39 is 0 Å². The number of nitrogens with one attached hydrogen (secondary N) is 1. The lowest BCUT2D eigenvalue weighted by Gasteiger charge is -2.20. The number of hydrogen-bond donors (Lipinski definition) is 3. The number of aromatic nitrogens is 2. The monoisotopic (exact) mass is 224 g/mol. The van der Waals surface area contributed by atoms with Gasteiger partial charge in [0.25, 0.3) is 5.88 Å². The van der Waals surface area contributed by atoms with Gasteiger partial charge in [0, 0.05) is 12.0 Å². The van der Waals surface area contributed by atoms with Gasteiger partial charge in [-0.2, -0.15) is 5.26 Å². The molecule has 0 aliphatic heterocycles. The number of aliphatic hydroxyl groups excluding tert-OH is 1. The molecule has 16 heavy (non-hydrogen) atoms. The minimum atomic E-state index is -0.362. The molecule has 0 aromatic carbocycles. The number of ether oxygens (including phenoxy) is 1. The third-order valence-electron chi connectivity index (χ3n) is 2.36. The van der Waals surface area contributed by atoms with Gasteiger partial charge >= 0.3 is 0 Å². The van der Waals surface area contributed by atoms with Crippen LogP contribution >= 0.6 is 0 Å². The molecule has 0 aliphatic carbocycles. The summed E-state index contributed by atoms with van der Waals surface area (Å²) in [5.74, 6) is 0.216. The first kappa shape index (κ1) is 12.5. The Kier molecular flexibility index (Phi) is 3.88. The van der Waals surface area contributed by atoms with Crippen molar-refractivity contribution in [3.8, 4) is 11.9 Å². The maximum Gasteiger partial charge on any atom is 0.251 e. The van der Waals surface area contributed by atoms with Crippen LogP contribution < -0.4 is 10.5 Å². The molecule has 1 rings (SSSR count). The highest BCUT2D eigenvalue weighted by molar-refractivity contribution is 5.45. The quantitative estimate of drug-likeness (QED) is 0.646. The van der Waals surface area contributed by atoms with E-state index in [1.54, 1.807) is 0 Å². The van der Waals surface area contributed by atoms with Gasteiger partial charge in [0.1, 0.15) is 18.2 Å². The van der Waals surface area contributed by atoms with Gasteiger partial charge in [-0.05, 0) is 0 Å². The first-order valence-electron chi connectivity index (χ1n) is 4.99. The molecule has 1 aromatic rings. The van der Waals surface area contributed by atoms with E-state index in [9.17, 15) is 0 Å². The zero-order chi connectivity index (χ0) is 12.2. The van der Waals surface area contributed by atoms with E-state index in [4.69, 9.17) is 20.8 Å². The summed E-state index contributed by atoms with van der Waals surface area (Å²) in [7, 11) is 0. The number of H-pyrrole nitrogens is 1. The maximum absolute atomic E-state index is 9.05. The second kappa shape index (κ2) is 4.96. The van der Waals surface area contributed by atoms with E-state index in [-0.39, 0.29) is 24.5 Å². The third kappa shape index (κ3) is 2.32. The van der Waals surface area contributed by atoms with Crippen LogP contribution in [0.5, 0.6) is 5.88 Å². The number of hydrogen-bond acceptors (Lipinski definition) is 5. The van der Waals surface area contributed by atoms with Crippen LogP contribution in [0.3, 0.4) is 0 Å². The van der Waals surface area contributed by atoms with Crippen molar-refractivity contribution in [3.05, 3.63) is 11.3 Å². The van der Waals surface area contributed by atoms with Crippen molar-refractivity contribution in [1.82, 2.24) is 10.2 Å². The van der Waals surface area contributed by atoms with E-state index in [0.717, 1.165) is 0 Å². The summed E-state index contributed by atoms with van der Waals surface area (Å²) in [4.78, 5) is 0. The lowest BCUT2D eigenvalue weighted by Crippen LogP contribution is -2.29. The summed E-state index contributed by atoms with van der Waals surface area (Å²) in [5, 5.41) is 24.4. The van der Waals surface area contributed by atoms with Gasteiger partial charge in [-0.25, -0.2) is 0 Å². The SMILES string of the molecule is CC(C)(CN)c1[nH]nc(OCCO)c1C#N. The predicted octanol–water partition coefficient (Wildman–Crippen LogP) is -0.111. The first-order chi connectivity index (χ1) is 7.56. The summed E-state index contributed by atoms with van der Waals surface area (Å²) in [6, 6.07) is 2.04. The van der Waals surface area contributed by atoms with Crippen LogP contribution in [0.2, 0.25) is 0 Å². The number of aromatic amines is 1. The number of nitriles is 1. The lowest BCUT2D eigenvalue weighted by atomic mass is 9.87. The van der Waals surface area contributed by atoms with E-state index in [1.165, 1.54) is 0 Å². The molecule has 0 radical (unpaired) electrons. The van der Waals surface area contributed by atoms with Crippen molar-refractivity contribution in [3.63, 3.8) is 0 Å². The van der Waals surface area contributed by atoms with Crippen LogP contribution in [-0.2, 0) is 5.41 Å². The molecule has 0 unspecified atom stereocenters. The summed E-state index contributed by atoms with van der Waals surface area (Å²) in [5.41, 5.74) is 6.28. The largest absolute Gasteiger partial charge is 0.473 e. The third-order valence-corrected chi connectivity index (χ3v) is 2.36. The number of nitrogens with zero attached hydrogens (tertiary/aromatic N) is 2. The Labute approximate surface area is 94.0 Å². The highest BCUT2D eigenvalue weighted by Crippen LogP contribution is 2.28. The van der Waals surface area contributed by atoms with Crippen molar-refractivity contribution in [1.29, 1.82) is 5.26 Å². The van der Waals surface area contributed by atoms with Crippen molar-refractivity contribution >= 4 is 0 Å². The Bertz CT molecular complexity index is 392. The fraction of sp³-hybridized carbons (Fsp3) is 0.600. The molecule has 0 amide bonds. The summed E-state index contributed by atoms with van der Waals surface area (Å²) in [6.45, 7) is 4.22. The highest BCUT2D eigenvalue weighted by atomic mass is 16.5. The van der Waals surface area contributed by atoms with Crippen LogP contribution in [0.1, 0.15) is 25.1 Å². The van der Waals surface area contributed by atoms with E-state index in [1.807, 2.05) is 19.9 Å². The van der Waals surface area contributed by atoms with Gasteiger partial charge in [0.15, 0.2) is 0 Å². The molecule has 0 aliphatic rings. The second-order valence-corrected chi connectivity index (χ2v) is 4.05. The van der Waals surface area contributed by atoms with Gasteiger partial charge in [-0.3, -0.25) is 5.10 Å². The average molecular weight is 224 g/mol. The number of nitrogens with two attached hydrogens (primary N) is 1. The molecule has 0 atom stereocenters. The minimum absolute atomic E-state index is 0.113. The lowest BCUT2D eigenvalue weighted by molar-refractivity contribution is 0.196. The molecule has 0 bridgehead atoms. The van der Waals surface area contributed by atoms with Crippen LogP contribution in [-0.4, -0.2) is 35.1 Å². The molecule has 88 valence electrons. The highest BCUT2D eigenvalue weighted by Gasteiger charge is 2.27. The second-order valence-electron chi connectivity index (χ2n) is 4.05. The standard InChI is InChI=1S/C10H16N4O2/c1-10(2,6-12)8-7(5-11)9(14-13-8)16-4-3-15/h15H,3-4,6,12H2,1-2H3,(H,13,14). The Morgan fingerprint density at radius 3 is 2.81 bits per heavy atom. The topological polar surface area (TPSA) is 108 Å². The number of aliphatic hydroxyl groups is 1. The molecule has 0 spiro atoms. The van der Waals surface area contributed by atoms with Crippen molar-refractivity contribution in [2.45, 2.75) is 19.3 Å². The van der Waals surface area contributed by atoms with Crippen molar-refractivity contribution in [2.24, 2.45) is 5.73 Å². The number of rotatable bonds is 5. The fourth-order valence-corrected chi connectivity index (χ4v) is 1.27. The Balaban J connectivity index is 3.05. The molecular formula is C10H16N4O2. The van der Waals surface area contributed by atoms with Gasteiger partial charge in [-0.1, -0.05) is 13.8 Å².